The van der Waals surface area contributed by atoms with Crippen LogP contribution in [0, 0.1) is 0 Å². The van der Waals surface area contributed by atoms with Crippen LogP contribution >= 0.6 is 0 Å². The first-order valence-electron chi connectivity index (χ1n) is 8.94. The van der Waals surface area contributed by atoms with Crippen molar-refractivity contribution in [2.45, 2.75) is 44.6 Å². The minimum absolute atomic E-state index is 0.302. The van der Waals surface area contributed by atoms with Gasteiger partial charge in [-0.15, -0.1) is 0 Å². The van der Waals surface area contributed by atoms with Gasteiger partial charge in [0.05, 0.1) is 18.1 Å². The summed E-state index contributed by atoms with van der Waals surface area (Å²) in [7, 11) is -3.39. The van der Waals surface area contributed by atoms with Crippen molar-refractivity contribution in [2.24, 2.45) is 0 Å². The van der Waals surface area contributed by atoms with Crippen molar-refractivity contribution in [2.75, 3.05) is 36.1 Å². The predicted molar refractivity (Wildman–Crippen MR) is 98.1 cm³/mol. The lowest BCUT2D eigenvalue weighted by atomic mass is 10.0. The molecule has 1 aromatic rings. The second-order valence-corrected chi connectivity index (χ2v) is 8.76. The Labute approximate surface area is 149 Å². The molecule has 0 aliphatic carbocycles. The van der Waals surface area contributed by atoms with Gasteiger partial charge in [-0.2, -0.15) is 4.31 Å². The third-order valence-corrected chi connectivity index (χ3v) is 6.19. The molecule has 2 aliphatic heterocycles. The van der Waals surface area contributed by atoms with E-state index in [1.165, 1.54) is 23.6 Å². The Balaban J connectivity index is 1.65. The summed E-state index contributed by atoms with van der Waals surface area (Å²) in [6, 6.07) is 3.10. The quantitative estimate of drug-likeness (QED) is 0.879. The van der Waals surface area contributed by atoms with Crippen molar-refractivity contribution in [3.63, 3.8) is 0 Å². The number of hydrogen-bond donors (Lipinski definition) is 1. The lowest BCUT2D eigenvalue weighted by Gasteiger charge is -2.32. The maximum absolute atomic E-state index is 12.5. The summed E-state index contributed by atoms with van der Waals surface area (Å²) < 4.78 is 25.1. The van der Waals surface area contributed by atoms with Crippen LogP contribution in [0.25, 0.3) is 0 Å². The van der Waals surface area contributed by atoms with Gasteiger partial charge in [0, 0.05) is 19.6 Å². The number of pyridine rings is 1. The van der Waals surface area contributed by atoms with Gasteiger partial charge in [0.15, 0.2) is 0 Å². The van der Waals surface area contributed by atoms with Crippen LogP contribution in [-0.2, 0) is 14.8 Å². The summed E-state index contributed by atoms with van der Waals surface area (Å²) in [4.78, 5) is 19.2. The van der Waals surface area contributed by atoms with Crippen LogP contribution in [0.1, 0.15) is 38.5 Å². The molecule has 0 saturated carbocycles. The Hall–Kier alpha value is -1.67. The second kappa shape index (κ2) is 7.70. The number of anilines is 2. The molecule has 2 saturated heterocycles. The van der Waals surface area contributed by atoms with Gasteiger partial charge in [0.25, 0.3) is 0 Å². The summed E-state index contributed by atoms with van der Waals surface area (Å²) in [5.41, 5.74) is 1.06. The molecular weight excluding hydrogens is 340 g/mol. The number of hydrogen-bond acceptors (Lipinski definition) is 5. The zero-order valence-corrected chi connectivity index (χ0v) is 15.5. The molecule has 1 atom stereocenters. The molecule has 3 rings (SSSR count). The molecule has 2 aliphatic rings. The highest BCUT2D eigenvalue weighted by Gasteiger charge is 2.34. The number of amides is 1. The van der Waals surface area contributed by atoms with Crippen molar-refractivity contribution in [1.29, 1.82) is 0 Å². The van der Waals surface area contributed by atoms with E-state index >= 15 is 0 Å². The Morgan fingerprint density at radius 1 is 1.12 bits per heavy atom. The number of nitrogens with one attached hydrogen (secondary N) is 1. The second-order valence-electron chi connectivity index (χ2n) is 6.82. The smallest absolute Gasteiger partial charge is 0.243 e. The van der Waals surface area contributed by atoms with Gasteiger partial charge in [0.1, 0.15) is 11.9 Å². The fourth-order valence-corrected chi connectivity index (χ4v) is 4.70. The van der Waals surface area contributed by atoms with E-state index < -0.39 is 16.1 Å². The third kappa shape index (κ3) is 4.49. The number of carbonyl (C=O) groups is 1. The SMILES string of the molecule is CS(=O)(=O)N1CCCCC1C(=O)Nc1ccc(N2CCCCC2)cn1. The molecule has 25 heavy (non-hydrogen) atoms. The van der Waals surface area contributed by atoms with Gasteiger partial charge in [-0.25, -0.2) is 13.4 Å². The van der Waals surface area contributed by atoms with Crippen molar-refractivity contribution in [3.05, 3.63) is 18.3 Å². The number of piperidine rings is 2. The van der Waals surface area contributed by atoms with Crippen LogP contribution in [0.4, 0.5) is 11.5 Å². The Bertz CT molecular complexity index is 699. The minimum Gasteiger partial charge on any atom is -0.370 e. The standard InChI is InChI=1S/C17H26N4O3S/c1-25(23,24)21-12-6-3-7-15(21)17(22)19-16-9-8-14(13-18-16)20-10-4-2-5-11-20/h8-9,13,15H,2-7,10-12H2,1H3,(H,18,19,22). The average Bonchev–Trinajstić information content (AvgIpc) is 2.62. The van der Waals surface area contributed by atoms with Gasteiger partial charge >= 0.3 is 0 Å². The molecule has 0 radical (unpaired) electrons. The molecule has 1 N–H and O–H groups in total. The van der Waals surface area contributed by atoms with Crippen molar-refractivity contribution in [3.8, 4) is 0 Å². The van der Waals surface area contributed by atoms with Gasteiger partial charge in [0.2, 0.25) is 15.9 Å². The van der Waals surface area contributed by atoms with E-state index in [9.17, 15) is 13.2 Å². The fourth-order valence-electron chi connectivity index (χ4n) is 3.57. The summed E-state index contributed by atoms with van der Waals surface area (Å²) in [5, 5.41) is 2.77. The van der Waals surface area contributed by atoms with Crippen LogP contribution < -0.4 is 10.2 Å². The predicted octanol–water partition coefficient (Wildman–Crippen LogP) is 1.82. The largest absolute Gasteiger partial charge is 0.370 e. The molecule has 0 bridgehead atoms. The number of aromatic nitrogens is 1. The van der Waals surface area contributed by atoms with Crippen LogP contribution in [-0.4, -0.2) is 55.5 Å². The molecular formula is C17H26N4O3S. The molecule has 2 fully saturated rings. The number of sulfonamides is 1. The van der Waals surface area contributed by atoms with E-state index in [1.807, 2.05) is 6.07 Å². The van der Waals surface area contributed by atoms with E-state index in [0.29, 0.717) is 18.8 Å². The lowest BCUT2D eigenvalue weighted by Crippen LogP contribution is -2.49. The first-order chi connectivity index (χ1) is 11.9. The van der Waals surface area contributed by atoms with Crippen molar-refractivity contribution >= 4 is 27.4 Å². The van der Waals surface area contributed by atoms with Gasteiger partial charge in [-0.1, -0.05) is 6.42 Å². The van der Waals surface area contributed by atoms with Crippen LogP contribution in [0.2, 0.25) is 0 Å². The monoisotopic (exact) mass is 366 g/mol. The summed E-state index contributed by atoms with van der Waals surface area (Å²) in [6.07, 6.45) is 8.79. The first kappa shape index (κ1) is 18.1. The summed E-state index contributed by atoms with van der Waals surface area (Å²) >= 11 is 0. The zero-order valence-electron chi connectivity index (χ0n) is 14.6. The topological polar surface area (TPSA) is 82.6 Å². The van der Waals surface area contributed by atoms with Gasteiger partial charge < -0.3 is 10.2 Å². The zero-order chi connectivity index (χ0) is 17.9. The first-order valence-corrected chi connectivity index (χ1v) is 10.8. The highest BCUT2D eigenvalue weighted by molar-refractivity contribution is 7.88. The number of rotatable bonds is 4. The highest BCUT2D eigenvalue weighted by atomic mass is 32.2. The molecule has 1 amide bonds. The molecule has 3 heterocycles. The maximum Gasteiger partial charge on any atom is 0.243 e. The van der Waals surface area contributed by atoms with E-state index in [1.54, 1.807) is 12.3 Å². The third-order valence-electron chi connectivity index (χ3n) is 4.90. The van der Waals surface area contributed by atoms with E-state index in [-0.39, 0.29) is 5.91 Å². The van der Waals surface area contributed by atoms with E-state index in [4.69, 9.17) is 0 Å². The van der Waals surface area contributed by atoms with Crippen molar-refractivity contribution < 1.29 is 13.2 Å². The molecule has 1 unspecified atom stereocenters. The average molecular weight is 366 g/mol. The molecule has 0 aromatic carbocycles. The fraction of sp³-hybridized carbons (Fsp3) is 0.647. The molecule has 1 aromatic heterocycles. The minimum atomic E-state index is -3.39. The molecule has 0 spiro atoms. The summed E-state index contributed by atoms with van der Waals surface area (Å²) in [6.45, 7) is 2.48. The molecule has 7 nitrogen and oxygen atoms in total. The summed E-state index contributed by atoms with van der Waals surface area (Å²) in [5.74, 6) is 0.160. The number of nitrogens with zero attached hydrogens (tertiary/aromatic N) is 3. The Morgan fingerprint density at radius 2 is 1.84 bits per heavy atom. The highest BCUT2D eigenvalue weighted by Crippen LogP contribution is 2.23. The van der Waals surface area contributed by atoms with E-state index in [0.717, 1.165) is 37.9 Å². The van der Waals surface area contributed by atoms with Crippen LogP contribution in [0.15, 0.2) is 18.3 Å². The van der Waals surface area contributed by atoms with Gasteiger partial charge in [-0.05, 0) is 44.2 Å². The van der Waals surface area contributed by atoms with E-state index in [2.05, 4.69) is 15.2 Å². The van der Waals surface area contributed by atoms with Gasteiger partial charge in [-0.3, -0.25) is 4.79 Å². The normalized spacial score (nSPS) is 22.6. The van der Waals surface area contributed by atoms with Crippen molar-refractivity contribution in [1.82, 2.24) is 9.29 Å². The molecule has 8 heteroatoms. The Kier molecular flexibility index (Phi) is 5.58. The Morgan fingerprint density at radius 3 is 2.48 bits per heavy atom. The van der Waals surface area contributed by atoms with Crippen LogP contribution in [0.3, 0.4) is 0 Å². The lowest BCUT2D eigenvalue weighted by molar-refractivity contribution is -0.120. The van der Waals surface area contributed by atoms with Crippen LogP contribution in [0.5, 0.6) is 0 Å². The number of carbonyl (C=O) groups excluding carboxylic acids is 1. The molecule has 138 valence electrons. The maximum atomic E-state index is 12.5.